The second kappa shape index (κ2) is 4.33. The van der Waals surface area contributed by atoms with Gasteiger partial charge in [0, 0.05) is 11.5 Å². The van der Waals surface area contributed by atoms with E-state index < -0.39 is 0 Å². The van der Waals surface area contributed by atoms with Crippen LogP contribution in [-0.4, -0.2) is 25.1 Å². The van der Waals surface area contributed by atoms with Gasteiger partial charge in [0.05, 0.1) is 18.0 Å². The van der Waals surface area contributed by atoms with E-state index in [-0.39, 0.29) is 6.61 Å². The number of aliphatic hydroxyl groups is 1. The summed E-state index contributed by atoms with van der Waals surface area (Å²) in [6.07, 6.45) is 2.22. The fourth-order valence-corrected chi connectivity index (χ4v) is 2.21. The summed E-state index contributed by atoms with van der Waals surface area (Å²) in [4.78, 5) is 0. The predicted octanol–water partition coefficient (Wildman–Crippen LogP) is 1.99. The van der Waals surface area contributed by atoms with Crippen LogP contribution in [0.25, 0.3) is 5.82 Å². The molecule has 1 fully saturated rings. The van der Waals surface area contributed by atoms with E-state index >= 15 is 0 Å². The Morgan fingerprint density at radius 2 is 2.17 bits per heavy atom. The topological polar surface area (TPSA) is 63.8 Å². The van der Waals surface area contributed by atoms with E-state index in [2.05, 4.69) is 15.3 Å². The van der Waals surface area contributed by atoms with Crippen LogP contribution in [0.15, 0.2) is 12.1 Å². The zero-order valence-corrected chi connectivity index (χ0v) is 10.7. The second-order valence-corrected chi connectivity index (χ2v) is 4.89. The van der Waals surface area contributed by atoms with Gasteiger partial charge in [-0.2, -0.15) is 10.2 Å². The lowest BCUT2D eigenvalue weighted by atomic mass is 10.2. The molecule has 1 aliphatic rings. The Labute approximate surface area is 109 Å². The number of aryl methyl sites for hydroxylation is 1. The molecule has 0 radical (unpaired) electrons. The Morgan fingerprint density at radius 1 is 1.39 bits per heavy atom. The fraction of sp³-hybridized carbons (Fsp3) is 0.417. The number of halogens is 1. The number of rotatable bonds is 3. The lowest BCUT2D eigenvalue weighted by Crippen LogP contribution is -2.02. The van der Waals surface area contributed by atoms with Crippen molar-refractivity contribution in [1.82, 2.24) is 20.0 Å². The van der Waals surface area contributed by atoms with Crippen molar-refractivity contribution in [3.8, 4) is 5.82 Å². The normalized spacial score (nSPS) is 15.1. The highest BCUT2D eigenvalue weighted by Gasteiger charge is 2.31. The number of aromatic nitrogens is 4. The highest BCUT2D eigenvalue weighted by Crippen LogP contribution is 2.42. The van der Waals surface area contributed by atoms with Crippen molar-refractivity contribution in [2.45, 2.75) is 32.3 Å². The molecule has 0 aromatic carbocycles. The molecule has 0 atom stereocenters. The molecule has 1 saturated carbocycles. The van der Waals surface area contributed by atoms with Gasteiger partial charge in [-0.3, -0.25) is 0 Å². The molecule has 0 unspecified atom stereocenters. The maximum atomic E-state index is 9.41. The summed E-state index contributed by atoms with van der Waals surface area (Å²) in [5, 5.41) is 22.4. The number of nitrogens with zero attached hydrogens (tertiary/aromatic N) is 4. The number of aliphatic hydroxyl groups excluding tert-OH is 1. The van der Waals surface area contributed by atoms with Crippen molar-refractivity contribution < 1.29 is 5.11 Å². The largest absolute Gasteiger partial charge is 0.391 e. The third-order valence-corrected chi connectivity index (χ3v) is 3.46. The molecule has 0 bridgehead atoms. The molecule has 2 aromatic rings. The molecule has 18 heavy (non-hydrogen) atoms. The Morgan fingerprint density at radius 3 is 2.72 bits per heavy atom. The molecule has 5 nitrogen and oxygen atoms in total. The first kappa shape index (κ1) is 11.6. The van der Waals surface area contributed by atoms with Crippen LogP contribution in [0.4, 0.5) is 0 Å². The average molecular weight is 265 g/mol. The third-order valence-electron chi connectivity index (χ3n) is 3.07. The summed E-state index contributed by atoms with van der Waals surface area (Å²) in [5.74, 6) is 1.01. The van der Waals surface area contributed by atoms with E-state index in [0.717, 1.165) is 24.2 Å². The monoisotopic (exact) mass is 264 g/mol. The van der Waals surface area contributed by atoms with E-state index in [1.165, 1.54) is 0 Å². The first-order valence-electron chi connectivity index (χ1n) is 5.89. The van der Waals surface area contributed by atoms with Crippen molar-refractivity contribution in [2.24, 2.45) is 0 Å². The minimum atomic E-state index is -0.0933. The van der Waals surface area contributed by atoms with Gasteiger partial charge in [-0.1, -0.05) is 11.6 Å². The van der Waals surface area contributed by atoms with Crippen molar-refractivity contribution in [3.05, 3.63) is 34.2 Å². The second-order valence-electron chi connectivity index (χ2n) is 4.53. The van der Waals surface area contributed by atoms with Crippen molar-refractivity contribution in [3.63, 3.8) is 0 Å². The van der Waals surface area contributed by atoms with Gasteiger partial charge >= 0.3 is 0 Å². The summed E-state index contributed by atoms with van der Waals surface area (Å²) in [7, 11) is 0. The van der Waals surface area contributed by atoms with Crippen LogP contribution >= 0.6 is 11.6 Å². The highest BCUT2D eigenvalue weighted by atomic mass is 35.5. The zero-order chi connectivity index (χ0) is 12.7. The molecule has 0 spiro atoms. The molecule has 3 rings (SSSR count). The van der Waals surface area contributed by atoms with Crippen LogP contribution in [0.1, 0.15) is 35.7 Å². The maximum Gasteiger partial charge on any atom is 0.177 e. The molecule has 1 aliphatic carbocycles. The highest BCUT2D eigenvalue weighted by molar-refractivity contribution is 6.30. The number of hydrogen-bond donors (Lipinski definition) is 1. The predicted molar refractivity (Wildman–Crippen MR) is 66.8 cm³/mol. The summed E-state index contributed by atoms with van der Waals surface area (Å²) >= 11 is 6.25. The Kier molecular flexibility index (Phi) is 2.80. The van der Waals surface area contributed by atoms with Gasteiger partial charge in [-0.05, 0) is 31.9 Å². The molecule has 2 aromatic heterocycles. The summed E-state index contributed by atoms with van der Waals surface area (Å²) in [6.45, 7) is 1.78. The molecule has 0 amide bonds. The van der Waals surface area contributed by atoms with Gasteiger partial charge in [0.1, 0.15) is 5.15 Å². The molecular formula is C12H13ClN4O. The Balaban J connectivity index is 2.08. The van der Waals surface area contributed by atoms with Crippen LogP contribution in [0.2, 0.25) is 5.15 Å². The van der Waals surface area contributed by atoms with Gasteiger partial charge in [0.15, 0.2) is 5.82 Å². The van der Waals surface area contributed by atoms with Crippen LogP contribution in [0.3, 0.4) is 0 Å². The van der Waals surface area contributed by atoms with Crippen LogP contribution in [0.5, 0.6) is 0 Å². The average Bonchev–Trinajstić information content (AvgIpc) is 3.15. The minimum absolute atomic E-state index is 0.0933. The molecule has 1 N–H and O–H groups in total. The van der Waals surface area contributed by atoms with Crippen molar-refractivity contribution >= 4 is 11.6 Å². The van der Waals surface area contributed by atoms with Crippen molar-refractivity contribution in [1.29, 1.82) is 0 Å². The van der Waals surface area contributed by atoms with Crippen molar-refractivity contribution in [2.75, 3.05) is 0 Å². The van der Waals surface area contributed by atoms with Crippen LogP contribution < -0.4 is 0 Å². The Hall–Kier alpha value is -1.46. The first-order valence-corrected chi connectivity index (χ1v) is 6.27. The first-order chi connectivity index (χ1) is 8.70. The molecule has 0 aliphatic heterocycles. The quantitative estimate of drug-likeness (QED) is 0.921. The third kappa shape index (κ3) is 1.89. The molecule has 2 heterocycles. The lowest BCUT2D eigenvalue weighted by molar-refractivity contribution is 0.280. The molecule has 6 heteroatoms. The van der Waals surface area contributed by atoms with E-state index in [4.69, 9.17) is 11.6 Å². The molecular weight excluding hydrogens is 252 g/mol. The summed E-state index contributed by atoms with van der Waals surface area (Å²) in [6, 6.07) is 3.68. The van der Waals surface area contributed by atoms with E-state index in [9.17, 15) is 5.11 Å². The Bertz CT molecular complexity index is 575. The van der Waals surface area contributed by atoms with Crippen LogP contribution in [0, 0.1) is 6.92 Å². The molecule has 94 valence electrons. The van der Waals surface area contributed by atoms with Gasteiger partial charge < -0.3 is 5.11 Å². The molecule has 0 saturated heterocycles. The SMILES string of the molecule is Cc1ccc(-n2nc(C3CC3)c(CO)c2Cl)nn1. The number of hydrogen-bond acceptors (Lipinski definition) is 4. The van der Waals surface area contributed by atoms with Gasteiger partial charge in [0.2, 0.25) is 0 Å². The van der Waals surface area contributed by atoms with Gasteiger partial charge in [0.25, 0.3) is 0 Å². The smallest absolute Gasteiger partial charge is 0.177 e. The summed E-state index contributed by atoms with van der Waals surface area (Å²) < 4.78 is 1.55. The van der Waals surface area contributed by atoms with E-state index in [0.29, 0.717) is 22.5 Å². The van der Waals surface area contributed by atoms with Crippen LogP contribution in [-0.2, 0) is 6.61 Å². The van der Waals surface area contributed by atoms with E-state index in [1.807, 2.05) is 19.1 Å². The maximum absolute atomic E-state index is 9.41. The summed E-state index contributed by atoms with van der Waals surface area (Å²) in [5.41, 5.74) is 2.44. The zero-order valence-electron chi connectivity index (χ0n) is 9.97. The minimum Gasteiger partial charge on any atom is -0.391 e. The lowest BCUT2D eigenvalue weighted by Gasteiger charge is -2.01. The van der Waals surface area contributed by atoms with Gasteiger partial charge in [-0.25, -0.2) is 4.68 Å². The fourth-order valence-electron chi connectivity index (χ4n) is 1.93. The standard InChI is InChI=1S/C12H13ClN4O/c1-7-2-5-10(15-14-7)17-12(13)9(6-18)11(16-17)8-3-4-8/h2,5,8,18H,3-4,6H2,1H3. The van der Waals surface area contributed by atoms with Gasteiger partial charge in [-0.15, -0.1) is 5.10 Å². The van der Waals surface area contributed by atoms with E-state index in [1.54, 1.807) is 4.68 Å².